The highest BCUT2D eigenvalue weighted by Crippen LogP contribution is 2.19. The van der Waals surface area contributed by atoms with Crippen LogP contribution >= 0.6 is 0 Å². The molecule has 0 saturated carbocycles. The van der Waals surface area contributed by atoms with E-state index < -0.39 is 11.2 Å². The Balaban J connectivity index is 3.04. The summed E-state index contributed by atoms with van der Waals surface area (Å²) in [4.78, 5) is 47.5. The number of esters is 2. The van der Waals surface area contributed by atoms with Crippen molar-refractivity contribution in [1.82, 2.24) is 24.9 Å². The molecule has 0 unspecified atom stereocenters. The van der Waals surface area contributed by atoms with Crippen molar-refractivity contribution in [3.05, 3.63) is 0 Å². The molecule has 270 valence electrons. The standard InChI is InChI=1S/C34H67N5O7/c1-32(2,3)12-14-36-15-17-37(26-29(40)35-13-11-23-44-25-24-43-10)19-20-39(28-31(42)46-34(7,8)9)22-21-38(18-16-36)27-30(41)45-33(4,5)6/h11-28H2,1-10H3,(H,35,40). The van der Waals surface area contributed by atoms with Crippen LogP contribution in [-0.2, 0) is 33.3 Å². The minimum Gasteiger partial charge on any atom is -0.459 e. The summed E-state index contributed by atoms with van der Waals surface area (Å²) in [5.74, 6) is -0.561. The second kappa shape index (κ2) is 21.2. The summed E-state index contributed by atoms with van der Waals surface area (Å²) in [6.45, 7) is 27.1. The van der Waals surface area contributed by atoms with Crippen LogP contribution in [0.4, 0.5) is 0 Å². The molecule has 1 amide bonds. The second-order valence-electron chi connectivity index (χ2n) is 15.5. The van der Waals surface area contributed by atoms with Crippen molar-refractivity contribution in [2.75, 3.05) is 112 Å². The number of carbonyl (C=O) groups excluding carboxylic acids is 3. The molecular weight excluding hydrogens is 590 g/mol. The molecule has 0 aromatic heterocycles. The van der Waals surface area contributed by atoms with Crippen molar-refractivity contribution < 1.29 is 33.3 Å². The SMILES string of the molecule is COCCOCCCNC(=O)CN1CCN(CCC(C)(C)C)CCN(CC(=O)OC(C)(C)C)CCN(CC(=O)OC(C)(C)C)CC1. The van der Waals surface area contributed by atoms with Gasteiger partial charge in [-0.1, -0.05) is 20.8 Å². The number of nitrogens with zero attached hydrogens (tertiary/aromatic N) is 4. The average Bonchev–Trinajstić information content (AvgIpc) is 2.89. The fourth-order valence-corrected chi connectivity index (χ4v) is 4.79. The molecule has 0 bridgehead atoms. The van der Waals surface area contributed by atoms with Crippen molar-refractivity contribution in [1.29, 1.82) is 0 Å². The van der Waals surface area contributed by atoms with Crippen molar-refractivity contribution in [2.45, 2.75) is 86.4 Å². The van der Waals surface area contributed by atoms with Gasteiger partial charge in [0.15, 0.2) is 0 Å². The zero-order valence-corrected chi connectivity index (χ0v) is 30.9. The van der Waals surface area contributed by atoms with Crippen molar-refractivity contribution in [2.24, 2.45) is 5.41 Å². The predicted octanol–water partition coefficient (Wildman–Crippen LogP) is 2.50. The zero-order valence-electron chi connectivity index (χ0n) is 30.9. The van der Waals surface area contributed by atoms with Crippen LogP contribution in [0.1, 0.15) is 75.2 Å². The summed E-state index contributed by atoms with van der Waals surface area (Å²) in [6, 6.07) is 0. The fraction of sp³-hybridized carbons (Fsp3) is 0.912. The van der Waals surface area contributed by atoms with Crippen LogP contribution in [0, 0.1) is 5.41 Å². The Hall–Kier alpha value is -1.83. The minimum absolute atomic E-state index is 0.0209. The van der Waals surface area contributed by atoms with E-state index in [1.54, 1.807) is 7.11 Å². The van der Waals surface area contributed by atoms with Crippen LogP contribution in [0.2, 0.25) is 0 Å². The number of ether oxygens (including phenoxy) is 4. The van der Waals surface area contributed by atoms with Gasteiger partial charge in [-0.25, -0.2) is 0 Å². The van der Waals surface area contributed by atoms with E-state index >= 15 is 0 Å². The van der Waals surface area contributed by atoms with Gasteiger partial charge in [0, 0.05) is 72.6 Å². The van der Waals surface area contributed by atoms with Gasteiger partial charge in [0.2, 0.25) is 5.91 Å². The van der Waals surface area contributed by atoms with Crippen LogP contribution in [0.5, 0.6) is 0 Å². The summed E-state index contributed by atoms with van der Waals surface area (Å²) in [6.07, 6.45) is 1.77. The lowest BCUT2D eigenvalue weighted by atomic mass is 9.92. The quantitative estimate of drug-likeness (QED) is 0.207. The van der Waals surface area contributed by atoms with Gasteiger partial charge >= 0.3 is 11.9 Å². The molecule has 12 nitrogen and oxygen atoms in total. The Kier molecular flexibility index (Phi) is 19.4. The summed E-state index contributed by atoms with van der Waals surface area (Å²) >= 11 is 0. The van der Waals surface area contributed by atoms with E-state index in [0.717, 1.165) is 32.5 Å². The topological polar surface area (TPSA) is 113 Å². The van der Waals surface area contributed by atoms with Crippen LogP contribution < -0.4 is 5.32 Å². The van der Waals surface area contributed by atoms with Crippen LogP contribution in [-0.4, -0.2) is 161 Å². The first-order valence-electron chi connectivity index (χ1n) is 17.0. The molecule has 46 heavy (non-hydrogen) atoms. The second-order valence-corrected chi connectivity index (χ2v) is 15.5. The molecular formula is C34H67N5O7. The summed E-state index contributed by atoms with van der Waals surface area (Å²) < 4.78 is 21.8. The lowest BCUT2D eigenvalue weighted by Crippen LogP contribution is -2.50. The van der Waals surface area contributed by atoms with Gasteiger partial charge in [-0.15, -0.1) is 0 Å². The predicted molar refractivity (Wildman–Crippen MR) is 182 cm³/mol. The number of hydrogen-bond acceptors (Lipinski definition) is 11. The summed E-state index contributed by atoms with van der Waals surface area (Å²) in [5, 5.41) is 3.03. The van der Waals surface area contributed by atoms with Crippen molar-refractivity contribution in [3.63, 3.8) is 0 Å². The van der Waals surface area contributed by atoms with Gasteiger partial charge in [-0.2, -0.15) is 0 Å². The molecule has 1 saturated heterocycles. The minimum atomic E-state index is -0.582. The van der Waals surface area contributed by atoms with E-state index in [2.05, 4.69) is 45.7 Å². The van der Waals surface area contributed by atoms with Gasteiger partial charge in [-0.3, -0.25) is 29.1 Å². The maximum absolute atomic E-state index is 13.0. The first kappa shape index (κ1) is 42.2. The fourth-order valence-electron chi connectivity index (χ4n) is 4.79. The Labute approximate surface area is 279 Å². The third-order valence-corrected chi connectivity index (χ3v) is 7.24. The zero-order chi connectivity index (χ0) is 34.8. The van der Waals surface area contributed by atoms with Crippen molar-refractivity contribution >= 4 is 17.8 Å². The Morgan fingerprint density at radius 3 is 1.46 bits per heavy atom. The highest BCUT2D eigenvalue weighted by molar-refractivity contribution is 5.78. The Morgan fingerprint density at radius 2 is 1.04 bits per heavy atom. The monoisotopic (exact) mass is 658 g/mol. The van der Waals surface area contributed by atoms with Crippen LogP contribution in [0.25, 0.3) is 0 Å². The number of amides is 1. The highest BCUT2D eigenvalue weighted by Gasteiger charge is 2.25. The maximum Gasteiger partial charge on any atom is 0.320 e. The lowest BCUT2D eigenvalue weighted by Gasteiger charge is -2.35. The molecule has 0 aromatic rings. The van der Waals surface area contributed by atoms with E-state index in [1.807, 2.05) is 41.5 Å². The Bertz CT molecular complexity index is 883. The van der Waals surface area contributed by atoms with Gasteiger partial charge < -0.3 is 29.2 Å². The van der Waals surface area contributed by atoms with E-state index in [-0.39, 0.29) is 42.9 Å². The third kappa shape index (κ3) is 23.5. The molecule has 1 fully saturated rings. The lowest BCUT2D eigenvalue weighted by molar-refractivity contribution is -0.158. The smallest absolute Gasteiger partial charge is 0.320 e. The molecule has 1 N–H and O–H groups in total. The summed E-state index contributed by atoms with van der Waals surface area (Å²) in [5.41, 5.74) is -0.949. The molecule has 0 aliphatic carbocycles. The number of methoxy groups -OCH3 is 1. The van der Waals surface area contributed by atoms with Gasteiger partial charge in [0.1, 0.15) is 11.2 Å². The van der Waals surface area contributed by atoms with Crippen molar-refractivity contribution in [3.8, 4) is 0 Å². The van der Waals surface area contributed by atoms with Gasteiger partial charge in [0.25, 0.3) is 0 Å². The molecule has 1 aliphatic heterocycles. The van der Waals surface area contributed by atoms with Crippen LogP contribution in [0.3, 0.4) is 0 Å². The van der Waals surface area contributed by atoms with Gasteiger partial charge in [0.05, 0.1) is 32.8 Å². The number of nitrogens with one attached hydrogen (secondary N) is 1. The van der Waals surface area contributed by atoms with E-state index in [4.69, 9.17) is 18.9 Å². The third-order valence-electron chi connectivity index (χ3n) is 7.24. The molecule has 12 heteroatoms. The first-order valence-corrected chi connectivity index (χ1v) is 17.0. The van der Waals surface area contributed by atoms with E-state index in [9.17, 15) is 14.4 Å². The number of carbonyl (C=O) groups is 3. The largest absolute Gasteiger partial charge is 0.459 e. The maximum atomic E-state index is 13.0. The number of hydrogen-bond donors (Lipinski definition) is 1. The summed E-state index contributed by atoms with van der Waals surface area (Å²) in [7, 11) is 1.64. The molecule has 1 rings (SSSR count). The molecule has 0 spiro atoms. The van der Waals surface area contributed by atoms with Crippen LogP contribution in [0.15, 0.2) is 0 Å². The van der Waals surface area contributed by atoms with E-state index in [0.29, 0.717) is 65.6 Å². The molecule has 1 heterocycles. The Morgan fingerprint density at radius 1 is 0.609 bits per heavy atom. The molecule has 0 atom stereocenters. The average molecular weight is 658 g/mol. The first-order chi connectivity index (χ1) is 21.3. The van der Waals surface area contributed by atoms with Gasteiger partial charge in [-0.05, 0) is 66.3 Å². The molecule has 0 radical (unpaired) electrons. The van der Waals surface area contributed by atoms with E-state index in [1.165, 1.54) is 0 Å². The normalized spacial score (nSPS) is 17.6. The number of rotatable bonds is 15. The molecule has 1 aliphatic rings. The highest BCUT2D eigenvalue weighted by atomic mass is 16.6. The molecule has 0 aromatic carbocycles.